The van der Waals surface area contributed by atoms with Crippen LogP contribution in [0.5, 0.6) is 0 Å². The number of halogens is 1. The number of hydrogen-bond acceptors (Lipinski definition) is 2. The van der Waals surface area contributed by atoms with E-state index in [1.54, 1.807) is 6.07 Å². The molecule has 0 aliphatic rings. The van der Waals surface area contributed by atoms with Crippen LogP contribution < -0.4 is 5.32 Å². The molecule has 16 heavy (non-hydrogen) atoms. The monoisotopic (exact) mass is 285 g/mol. The van der Waals surface area contributed by atoms with Crippen molar-refractivity contribution in [3.63, 3.8) is 0 Å². The number of anilines is 1. The van der Waals surface area contributed by atoms with Crippen molar-refractivity contribution >= 4 is 33.5 Å². The summed E-state index contributed by atoms with van der Waals surface area (Å²) in [6.07, 6.45) is -0.161. The number of hydrogen-bond donors (Lipinski definition) is 2. The molecule has 1 rings (SSSR count). The number of nitrogens with one attached hydrogen (secondary N) is 1. The molecule has 2 N–H and O–H groups in total. The van der Waals surface area contributed by atoms with E-state index in [1.807, 2.05) is 19.1 Å². The molecular formula is C11H12BrNO3. The second kappa shape index (κ2) is 5.65. The molecule has 0 heterocycles. The van der Waals surface area contributed by atoms with Crippen molar-refractivity contribution in [2.24, 2.45) is 0 Å². The maximum Gasteiger partial charge on any atom is 0.303 e. The van der Waals surface area contributed by atoms with Crippen LogP contribution >= 0.6 is 15.9 Å². The van der Waals surface area contributed by atoms with E-state index in [2.05, 4.69) is 21.2 Å². The summed E-state index contributed by atoms with van der Waals surface area (Å²) < 4.78 is 0.969. The molecule has 1 aromatic rings. The summed E-state index contributed by atoms with van der Waals surface area (Å²) in [5.41, 5.74) is 1.69. The first-order valence-electron chi connectivity index (χ1n) is 4.77. The lowest BCUT2D eigenvalue weighted by molar-refractivity contribution is -0.138. The number of aryl methyl sites for hydroxylation is 1. The number of amides is 1. The summed E-state index contributed by atoms with van der Waals surface area (Å²) in [6.45, 7) is 1.91. The highest BCUT2D eigenvalue weighted by Crippen LogP contribution is 2.20. The summed E-state index contributed by atoms with van der Waals surface area (Å²) in [4.78, 5) is 21.6. The zero-order valence-corrected chi connectivity index (χ0v) is 10.4. The molecule has 1 aromatic carbocycles. The number of carboxylic acid groups (broad SMARTS) is 1. The number of rotatable bonds is 4. The second-order valence-electron chi connectivity index (χ2n) is 3.41. The Morgan fingerprint density at radius 2 is 2.06 bits per heavy atom. The minimum Gasteiger partial charge on any atom is -0.481 e. The van der Waals surface area contributed by atoms with Gasteiger partial charge >= 0.3 is 5.97 Å². The van der Waals surface area contributed by atoms with Crippen LogP contribution in [0, 0.1) is 6.92 Å². The van der Waals surface area contributed by atoms with Gasteiger partial charge < -0.3 is 10.4 Å². The van der Waals surface area contributed by atoms with Crippen LogP contribution in [0.3, 0.4) is 0 Å². The molecular weight excluding hydrogens is 274 g/mol. The Morgan fingerprint density at radius 1 is 1.38 bits per heavy atom. The molecule has 0 radical (unpaired) electrons. The van der Waals surface area contributed by atoms with Gasteiger partial charge in [0.1, 0.15) is 0 Å². The average molecular weight is 286 g/mol. The summed E-state index contributed by atoms with van der Waals surface area (Å²) in [5, 5.41) is 11.1. The van der Waals surface area contributed by atoms with Crippen LogP contribution in [0.25, 0.3) is 0 Å². The molecule has 0 fully saturated rings. The van der Waals surface area contributed by atoms with Gasteiger partial charge in [0, 0.05) is 16.6 Å². The smallest absolute Gasteiger partial charge is 0.303 e. The van der Waals surface area contributed by atoms with Gasteiger partial charge in [0.15, 0.2) is 0 Å². The predicted octanol–water partition coefficient (Wildman–Crippen LogP) is 2.56. The molecule has 0 bridgehead atoms. The van der Waals surface area contributed by atoms with E-state index in [9.17, 15) is 9.59 Å². The normalized spacial score (nSPS) is 9.88. The first kappa shape index (κ1) is 12.7. The largest absolute Gasteiger partial charge is 0.481 e. The Balaban J connectivity index is 2.56. The predicted molar refractivity (Wildman–Crippen MR) is 64.4 cm³/mol. The van der Waals surface area contributed by atoms with Gasteiger partial charge in [-0.2, -0.15) is 0 Å². The molecule has 4 nitrogen and oxygen atoms in total. The zero-order valence-electron chi connectivity index (χ0n) is 8.79. The number of carboxylic acids is 1. The highest BCUT2D eigenvalue weighted by Gasteiger charge is 2.06. The number of benzene rings is 1. The van der Waals surface area contributed by atoms with Crippen LogP contribution in [0.4, 0.5) is 5.69 Å². The van der Waals surface area contributed by atoms with Crippen molar-refractivity contribution < 1.29 is 14.7 Å². The topological polar surface area (TPSA) is 66.4 Å². The summed E-state index contributed by atoms with van der Waals surface area (Å²) in [6, 6.07) is 5.42. The lowest BCUT2D eigenvalue weighted by Gasteiger charge is -2.06. The first-order chi connectivity index (χ1) is 7.49. The molecule has 0 saturated heterocycles. The fourth-order valence-corrected chi connectivity index (χ4v) is 1.41. The van der Waals surface area contributed by atoms with Crippen molar-refractivity contribution in [3.05, 3.63) is 28.2 Å². The first-order valence-corrected chi connectivity index (χ1v) is 5.56. The molecule has 5 heteroatoms. The Labute approximate surface area is 102 Å². The Hall–Kier alpha value is -1.36. The minimum absolute atomic E-state index is 0.00948. The fourth-order valence-electron chi connectivity index (χ4n) is 1.17. The fraction of sp³-hybridized carbons (Fsp3) is 0.273. The third-order valence-electron chi connectivity index (χ3n) is 2.01. The zero-order chi connectivity index (χ0) is 12.1. The van der Waals surface area contributed by atoms with Crippen LogP contribution in [0.1, 0.15) is 18.4 Å². The summed E-state index contributed by atoms with van der Waals surface area (Å²) in [7, 11) is 0. The van der Waals surface area contributed by atoms with Gasteiger partial charge in [-0.1, -0.05) is 15.9 Å². The third kappa shape index (κ3) is 4.02. The maximum absolute atomic E-state index is 11.3. The van der Waals surface area contributed by atoms with E-state index < -0.39 is 5.97 Å². The second-order valence-corrected chi connectivity index (χ2v) is 4.26. The van der Waals surface area contributed by atoms with E-state index in [0.717, 1.165) is 10.0 Å². The van der Waals surface area contributed by atoms with Crippen LogP contribution in [0.2, 0.25) is 0 Å². The standard InChI is InChI=1S/C11H12BrNO3/c1-7-6-8(2-3-9(7)12)13-10(14)4-5-11(15)16/h2-3,6H,4-5H2,1H3,(H,13,14)(H,15,16). The maximum atomic E-state index is 11.3. The van der Waals surface area contributed by atoms with Gasteiger partial charge in [0.05, 0.1) is 6.42 Å². The van der Waals surface area contributed by atoms with Crippen LogP contribution in [-0.2, 0) is 9.59 Å². The number of carbonyl (C=O) groups is 2. The van der Waals surface area contributed by atoms with E-state index in [0.29, 0.717) is 5.69 Å². The van der Waals surface area contributed by atoms with E-state index >= 15 is 0 Å². The number of aliphatic carboxylic acids is 1. The van der Waals surface area contributed by atoms with Crippen LogP contribution in [-0.4, -0.2) is 17.0 Å². The van der Waals surface area contributed by atoms with Crippen molar-refractivity contribution in [1.82, 2.24) is 0 Å². The lowest BCUT2D eigenvalue weighted by Crippen LogP contribution is -2.13. The van der Waals surface area contributed by atoms with Crippen molar-refractivity contribution in [3.8, 4) is 0 Å². The van der Waals surface area contributed by atoms with E-state index in [4.69, 9.17) is 5.11 Å². The SMILES string of the molecule is Cc1cc(NC(=O)CCC(=O)O)ccc1Br. The van der Waals surface area contributed by atoms with Gasteiger partial charge in [-0.15, -0.1) is 0 Å². The highest BCUT2D eigenvalue weighted by atomic mass is 79.9. The van der Waals surface area contributed by atoms with Gasteiger partial charge in [-0.05, 0) is 30.7 Å². The van der Waals surface area contributed by atoms with E-state index in [-0.39, 0.29) is 18.7 Å². The molecule has 0 spiro atoms. The van der Waals surface area contributed by atoms with Crippen molar-refractivity contribution in [2.45, 2.75) is 19.8 Å². The van der Waals surface area contributed by atoms with Crippen LogP contribution in [0.15, 0.2) is 22.7 Å². The van der Waals surface area contributed by atoms with Gasteiger partial charge in [0.2, 0.25) is 5.91 Å². The molecule has 0 aromatic heterocycles. The Kier molecular flexibility index (Phi) is 4.49. The van der Waals surface area contributed by atoms with Crippen molar-refractivity contribution in [2.75, 3.05) is 5.32 Å². The van der Waals surface area contributed by atoms with Gasteiger partial charge in [-0.3, -0.25) is 9.59 Å². The van der Waals surface area contributed by atoms with E-state index in [1.165, 1.54) is 0 Å². The molecule has 0 unspecified atom stereocenters. The van der Waals surface area contributed by atoms with Gasteiger partial charge in [-0.25, -0.2) is 0 Å². The third-order valence-corrected chi connectivity index (χ3v) is 2.90. The molecule has 0 aliphatic heterocycles. The molecule has 1 amide bonds. The summed E-state index contributed by atoms with van der Waals surface area (Å²) >= 11 is 3.35. The molecule has 0 saturated carbocycles. The summed E-state index contributed by atoms with van der Waals surface area (Å²) in [5.74, 6) is -1.26. The van der Waals surface area contributed by atoms with Crippen molar-refractivity contribution in [1.29, 1.82) is 0 Å². The molecule has 0 aliphatic carbocycles. The minimum atomic E-state index is -0.970. The lowest BCUT2D eigenvalue weighted by atomic mass is 10.2. The average Bonchev–Trinajstić information content (AvgIpc) is 2.21. The number of carbonyl (C=O) groups excluding carboxylic acids is 1. The Morgan fingerprint density at radius 3 is 2.62 bits per heavy atom. The Bertz CT molecular complexity index is 418. The quantitative estimate of drug-likeness (QED) is 0.894. The molecule has 86 valence electrons. The van der Waals surface area contributed by atoms with Gasteiger partial charge in [0.25, 0.3) is 0 Å². The molecule has 0 atom stereocenters. The highest BCUT2D eigenvalue weighted by molar-refractivity contribution is 9.10.